The van der Waals surface area contributed by atoms with Crippen LogP contribution < -0.4 is 4.74 Å². The van der Waals surface area contributed by atoms with Crippen LogP contribution in [0.3, 0.4) is 0 Å². The van der Waals surface area contributed by atoms with Crippen LogP contribution in [0.4, 0.5) is 35.1 Å². The number of pyridine rings is 2. The van der Waals surface area contributed by atoms with Crippen molar-refractivity contribution in [2.75, 3.05) is 19.6 Å². The van der Waals surface area contributed by atoms with E-state index in [9.17, 15) is 67.3 Å². The number of nitrogens with one attached hydrogen (secondary N) is 2. The number of alkyl halides is 6. The molecule has 4 heterocycles. The number of sulfone groups is 2. The first-order valence-electron chi connectivity index (χ1n) is 19.3. The van der Waals surface area contributed by atoms with Crippen LogP contribution in [0.5, 0.6) is 11.5 Å². The Kier molecular flexibility index (Phi) is 13.6. The third kappa shape index (κ3) is 11.4. The van der Waals surface area contributed by atoms with Crippen molar-refractivity contribution in [2.45, 2.75) is 97.8 Å². The number of methoxy groups -OCH3 is 1. The Morgan fingerprint density at radius 2 is 1.00 bits per heavy atom. The van der Waals surface area contributed by atoms with Gasteiger partial charge in [-0.2, -0.15) is 26.3 Å². The van der Waals surface area contributed by atoms with E-state index in [1.807, 2.05) is 0 Å². The number of hydrogen-bond acceptors (Lipinski definition) is 10. The number of aromatic hydroxyl groups is 1. The van der Waals surface area contributed by atoms with Crippen molar-refractivity contribution in [1.82, 2.24) is 19.9 Å². The summed E-state index contributed by atoms with van der Waals surface area (Å²) < 4.78 is 164. The van der Waals surface area contributed by atoms with E-state index in [-0.39, 0.29) is 44.1 Å². The summed E-state index contributed by atoms with van der Waals surface area (Å²) in [5.74, 6) is -1.55. The maximum absolute atomic E-state index is 14.1. The molecule has 354 valence electrons. The molecule has 0 aliphatic heterocycles. The topological polar surface area (TPSA) is 196 Å². The number of benzene rings is 2. The molecule has 2 aromatic carbocycles. The van der Waals surface area contributed by atoms with Gasteiger partial charge in [-0.3, -0.25) is 0 Å². The van der Waals surface area contributed by atoms with Crippen LogP contribution in [-0.4, -0.2) is 95.3 Å². The first-order chi connectivity index (χ1) is 29.6. The molecule has 5 N–H and O–H groups in total. The maximum atomic E-state index is 14.1. The molecule has 0 aliphatic rings. The van der Waals surface area contributed by atoms with Gasteiger partial charge < -0.3 is 30.0 Å². The summed E-state index contributed by atoms with van der Waals surface area (Å²) in [5.41, 5.74) is -8.39. The van der Waals surface area contributed by atoms with E-state index in [4.69, 9.17) is 4.74 Å². The average molecular weight is 963 g/mol. The lowest BCUT2D eigenvalue weighted by atomic mass is 9.73. The Hall–Kier alpha value is -5.32. The van der Waals surface area contributed by atoms with Crippen LogP contribution in [0.2, 0.25) is 0 Å². The van der Waals surface area contributed by atoms with Crippen molar-refractivity contribution < 1.29 is 72.0 Å². The predicted octanol–water partition coefficient (Wildman–Crippen LogP) is 8.33. The lowest BCUT2D eigenvalue weighted by Gasteiger charge is -2.38. The number of aliphatic hydroxyl groups is 2. The van der Waals surface area contributed by atoms with Gasteiger partial charge in [-0.15, -0.1) is 0 Å². The van der Waals surface area contributed by atoms with Crippen molar-refractivity contribution >= 4 is 41.5 Å². The van der Waals surface area contributed by atoms with Crippen LogP contribution in [0, 0.1) is 11.6 Å². The van der Waals surface area contributed by atoms with E-state index in [0.29, 0.717) is 21.8 Å². The van der Waals surface area contributed by atoms with Crippen molar-refractivity contribution in [1.29, 1.82) is 0 Å². The number of hydrogen-bond donors (Lipinski definition) is 5. The van der Waals surface area contributed by atoms with Gasteiger partial charge in [0.15, 0.2) is 40.9 Å². The summed E-state index contributed by atoms with van der Waals surface area (Å²) in [5, 5.41) is 31.9. The number of aromatic amines is 2. The first kappa shape index (κ1) is 50.7. The number of phenols is 1. The highest BCUT2D eigenvalue weighted by Crippen LogP contribution is 2.47. The summed E-state index contributed by atoms with van der Waals surface area (Å²) in [4.78, 5) is 13.1. The quantitative estimate of drug-likeness (QED) is 0.0703. The zero-order chi connectivity index (χ0) is 48.9. The molecule has 0 saturated carbocycles. The van der Waals surface area contributed by atoms with Crippen LogP contribution in [0.1, 0.15) is 63.1 Å². The number of aromatic nitrogens is 4. The highest BCUT2D eigenvalue weighted by Gasteiger charge is 2.57. The molecular weight excluding hydrogens is 917 g/mol. The van der Waals surface area contributed by atoms with Gasteiger partial charge in [-0.25, -0.2) is 35.6 Å². The number of halogens is 8. The molecule has 0 saturated heterocycles. The summed E-state index contributed by atoms with van der Waals surface area (Å²) in [6, 6.07) is 11.7. The van der Waals surface area contributed by atoms with Gasteiger partial charge in [-0.05, 0) is 84.3 Å². The number of H-pyrrole nitrogens is 2. The normalized spacial score (nSPS) is 15.0. The van der Waals surface area contributed by atoms with E-state index in [1.165, 1.54) is 77.5 Å². The molecule has 12 nitrogen and oxygen atoms in total. The SMILES string of the molecule is CC(C)(CC(O)(Cc1cc2cc(S(C)(=O)=O)ncc2[nH]1)C(F)(F)F)c1cc(F)ccc1O.COc1ccc(F)cc1C(C)(C)CC(O)(Cc1cc2cc(S(C)(=O)=O)ncc2[nH]1)C(F)(F)F. The fourth-order valence-corrected chi connectivity index (χ4v) is 8.98. The van der Waals surface area contributed by atoms with Gasteiger partial charge in [-0.1, -0.05) is 27.7 Å². The third-order valence-corrected chi connectivity index (χ3v) is 12.9. The fourth-order valence-electron chi connectivity index (χ4n) is 7.81. The first-order valence-corrected chi connectivity index (χ1v) is 23.1. The van der Waals surface area contributed by atoms with Crippen LogP contribution in [0.15, 0.2) is 83.1 Å². The second kappa shape index (κ2) is 17.5. The molecule has 0 bridgehead atoms. The minimum atomic E-state index is -5.05. The minimum absolute atomic E-state index is 0.00606. The van der Waals surface area contributed by atoms with E-state index in [1.54, 1.807) is 0 Å². The summed E-state index contributed by atoms with van der Waals surface area (Å²) in [7, 11) is -5.89. The van der Waals surface area contributed by atoms with Gasteiger partial charge in [0.25, 0.3) is 0 Å². The van der Waals surface area contributed by atoms with Crippen molar-refractivity contribution in [3.8, 4) is 11.5 Å². The molecule has 65 heavy (non-hydrogen) atoms. The number of nitrogens with zero attached hydrogens (tertiary/aromatic N) is 2. The van der Waals surface area contributed by atoms with Gasteiger partial charge in [0.05, 0.1) is 30.5 Å². The van der Waals surface area contributed by atoms with Crippen LogP contribution in [-0.2, 0) is 43.3 Å². The van der Waals surface area contributed by atoms with E-state index in [0.717, 1.165) is 42.8 Å². The standard InChI is InChI=1S/C22H24F4N2O4S.C21H22F4N2O4S/c1-20(2,16-9-14(23)5-6-18(16)32-3)12-21(29,22(24,25)26)10-15-7-13-8-19(33(4,30)31)27-11-17(13)28-15;1-19(2,15-8-13(22)4-5-17(15)28)11-20(29,21(23,24)25)9-14-6-12-7-18(32(3,30)31)26-10-16(12)27-14/h5-9,11,28-29H,10,12H2,1-4H3;4-8,10,27-29H,9,11H2,1-3H3. The Balaban J connectivity index is 0.000000244. The summed E-state index contributed by atoms with van der Waals surface area (Å²) >= 11 is 0. The number of ether oxygens (including phenoxy) is 1. The molecule has 22 heteroatoms. The molecule has 6 rings (SSSR count). The van der Waals surface area contributed by atoms with E-state index < -0.39 is 91.4 Å². The molecule has 2 unspecified atom stereocenters. The fraction of sp³-hybridized carbons (Fsp3) is 0.395. The lowest BCUT2D eigenvalue weighted by Crippen LogP contribution is -2.51. The Morgan fingerprint density at radius 3 is 1.38 bits per heavy atom. The van der Waals surface area contributed by atoms with Gasteiger partial charge >= 0.3 is 12.4 Å². The monoisotopic (exact) mass is 962 g/mol. The average Bonchev–Trinajstić information content (AvgIpc) is 3.75. The molecule has 0 radical (unpaired) electrons. The van der Waals surface area contributed by atoms with Crippen molar-refractivity contribution in [3.63, 3.8) is 0 Å². The van der Waals surface area contributed by atoms with Crippen molar-refractivity contribution in [3.05, 3.63) is 107 Å². The molecule has 0 fully saturated rings. The Bertz CT molecular complexity index is 2950. The van der Waals surface area contributed by atoms with Crippen molar-refractivity contribution in [2.24, 2.45) is 0 Å². The van der Waals surface area contributed by atoms with Crippen LogP contribution >= 0.6 is 0 Å². The third-order valence-electron chi connectivity index (χ3n) is 10.9. The maximum Gasteiger partial charge on any atom is 0.417 e. The number of rotatable bonds is 13. The lowest BCUT2D eigenvalue weighted by molar-refractivity contribution is -0.266. The highest BCUT2D eigenvalue weighted by molar-refractivity contribution is 7.90. The Labute approximate surface area is 368 Å². The molecule has 0 aliphatic carbocycles. The number of phenolic OH excluding ortho intramolecular Hbond substituents is 1. The van der Waals surface area contributed by atoms with E-state index >= 15 is 0 Å². The smallest absolute Gasteiger partial charge is 0.417 e. The summed E-state index contributed by atoms with van der Waals surface area (Å²) in [6.45, 7) is 5.67. The van der Waals surface area contributed by atoms with Gasteiger partial charge in [0.2, 0.25) is 0 Å². The highest BCUT2D eigenvalue weighted by atomic mass is 32.2. The van der Waals surface area contributed by atoms with Gasteiger partial charge in [0, 0.05) is 58.6 Å². The number of fused-ring (bicyclic) bond motifs is 2. The molecule has 4 aromatic heterocycles. The second-order valence-electron chi connectivity index (χ2n) is 17.4. The van der Waals surface area contributed by atoms with E-state index in [2.05, 4.69) is 19.9 Å². The summed E-state index contributed by atoms with van der Waals surface area (Å²) in [6.07, 6.45) is -9.10. The molecule has 0 spiro atoms. The second-order valence-corrected chi connectivity index (χ2v) is 21.3. The minimum Gasteiger partial charge on any atom is -0.508 e. The largest absolute Gasteiger partial charge is 0.508 e. The zero-order valence-electron chi connectivity index (χ0n) is 35.9. The van der Waals surface area contributed by atoms with Gasteiger partial charge in [0.1, 0.15) is 23.1 Å². The molecule has 0 amide bonds. The molecule has 2 atom stereocenters. The zero-order valence-corrected chi connectivity index (χ0v) is 37.5. The predicted molar refractivity (Wildman–Crippen MR) is 224 cm³/mol. The molecule has 6 aromatic rings. The van der Waals surface area contributed by atoms with Crippen LogP contribution in [0.25, 0.3) is 21.8 Å². The molecular formula is C43H46F8N4O8S2. The Morgan fingerprint density at radius 1 is 0.615 bits per heavy atom.